The van der Waals surface area contributed by atoms with Crippen molar-refractivity contribution in [2.75, 3.05) is 24.3 Å². The maximum absolute atomic E-state index is 9.36. The fraction of sp³-hybridized carbons (Fsp3) is 0.643. The third kappa shape index (κ3) is 5.34. The summed E-state index contributed by atoms with van der Waals surface area (Å²) in [6.45, 7) is 6.95. The van der Waals surface area contributed by atoms with Gasteiger partial charge in [-0.05, 0) is 30.9 Å². The van der Waals surface area contributed by atoms with Gasteiger partial charge in [-0.1, -0.05) is 20.8 Å². The molecule has 0 aliphatic heterocycles. The molecule has 1 unspecified atom stereocenters. The molecule has 0 saturated heterocycles. The number of anilines is 2. The van der Waals surface area contributed by atoms with Crippen LogP contribution in [-0.2, 0) is 0 Å². The number of nitrogens with two attached hydrogens (primary N) is 1. The number of aliphatic hydroxyl groups excluding tert-OH is 1. The lowest BCUT2D eigenvalue weighted by atomic mass is 10.0. The van der Waals surface area contributed by atoms with E-state index in [2.05, 4.69) is 24.1 Å². The van der Waals surface area contributed by atoms with E-state index in [1.807, 2.05) is 6.92 Å². The normalized spacial score (nSPS) is 12.5. The van der Waals surface area contributed by atoms with Crippen LogP contribution in [0.3, 0.4) is 0 Å². The van der Waals surface area contributed by atoms with Gasteiger partial charge in [0, 0.05) is 0 Å². The predicted molar refractivity (Wildman–Crippen MR) is 78.4 cm³/mol. The van der Waals surface area contributed by atoms with Gasteiger partial charge in [-0.15, -0.1) is 0 Å². The van der Waals surface area contributed by atoms with Gasteiger partial charge in [-0.2, -0.15) is 4.98 Å². The minimum Gasteiger partial charge on any atom is -0.476 e. The Labute approximate surface area is 115 Å². The summed E-state index contributed by atoms with van der Waals surface area (Å²) in [5, 5.41) is 12.6. The number of aliphatic hydroxyl groups is 1. The van der Waals surface area contributed by atoms with Crippen LogP contribution in [0.4, 0.5) is 11.5 Å². The first kappa shape index (κ1) is 15.6. The van der Waals surface area contributed by atoms with Crippen molar-refractivity contribution in [3.8, 4) is 5.88 Å². The van der Waals surface area contributed by atoms with Crippen molar-refractivity contribution in [2.45, 2.75) is 39.7 Å². The third-order valence-corrected chi connectivity index (χ3v) is 2.66. The number of nitrogens with one attached hydrogen (secondary N) is 1. The molecule has 1 aromatic rings. The molecule has 0 saturated carbocycles. The van der Waals surface area contributed by atoms with E-state index in [1.165, 1.54) is 0 Å². The highest BCUT2D eigenvalue weighted by atomic mass is 16.5. The standard InChI is InChI=1S/C14H25N3O2/c1-4-7-19-14-12(15)5-6-13(17-14)16-11(9-18)8-10(2)3/h5-6,10-11,18H,4,7-9,15H2,1-3H3,(H,16,17). The van der Waals surface area contributed by atoms with Crippen LogP contribution in [0.5, 0.6) is 5.88 Å². The molecule has 0 amide bonds. The number of nitrogens with zero attached hydrogens (tertiary/aromatic N) is 1. The summed E-state index contributed by atoms with van der Waals surface area (Å²) in [6.07, 6.45) is 1.79. The maximum atomic E-state index is 9.36. The van der Waals surface area contributed by atoms with E-state index < -0.39 is 0 Å². The molecule has 0 fully saturated rings. The fourth-order valence-electron chi connectivity index (χ4n) is 1.80. The van der Waals surface area contributed by atoms with Gasteiger partial charge in [0.25, 0.3) is 0 Å². The molecule has 1 rings (SSSR count). The lowest BCUT2D eigenvalue weighted by Gasteiger charge is -2.19. The van der Waals surface area contributed by atoms with Crippen molar-refractivity contribution >= 4 is 11.5 Å². The van der Waals surface area contributed by atoms with Gasteiger partial charge in [0.15, 0.2) is 0 Å². The number of aromatic nitrogens is 1. The molecule has 4 N–H and O–H groups in total. The Kier molecular flexibility index (Phi) is 6.42. The number of rotatable bonds is 8. The summed E-state index contributed by atoms with van der Waals surface area (Å²) in [7, 11) is 0. The fourth-order valence-corrected chi connectivity index (χ4v) is 1.80. The van der Waals surface area contributed by atoms with Crippen LogP contribution in [0.25, 0.3) is 0 Å². The molecule has 0 radical (unpaired) electrons. The Balaban J connectivity index is 2.71. The Morgan fingerprint density at radius 3 is 2.74 bits per heavy atom. The molecular formula is C14H25N3O2. The quantitative estimate of drug-likeness (QED) is 0.673. The van der Waals surface area contributed by atoms with E-state index in [-0.39, 0.29) is 12.6 Å². The highest BCUT2D eigenvalue weighted by molar-refractivity contribution is 5.53. The van der Waals surface area contributed by atoms with Crippen LogP contribution in [0, 0.1) is 5.92 Å². The van der Waals surface area contributed by atoms with E-state index in [1.54, 1.807) is 12.1 Å². The number of hydrogen-bond acceptors (Lipinski definition) is 5. The van der Waals surface area contributed by atoms with Crippen molar-refractivity contribution in [2.24, 2.45) is 5.92 Å². The van der Waals surface area contributed by atoms with Crippen molar-refractivity contribution in [3.05, 3.63) is 12.1 Å². The van der Waals surface area contributed by atoms with Crippen LogP contribution in [-0.4, -0.2) is 29.3 Å². The topological polar surface area (TPSA) is 80.4 Å². The zero-order chi connectivity index (χ0) is 14.3. The first-order chi connectivity index (χ1) is 9.06. The van der Waals surface area contributed by atoms with E-state index in [9.17, 15) is 5.11 Å². The highest BCUT2D eigenvalue weighted by Gasteiger charge is 2.11. The molecule has 1 atom stereocenters. The van der Waals surface area contributed by atoms with Gasteiger partial charge < -0.3 is 20.9 Å². The minimum atomic E-state index is -0.00449. The second kappa shape index (κ2) is 7.84. The predicted octanol–water partition coefficient (Wildman–Crippen LogP) is 2.27. The zero-order valence-corrected chi connectivity index (χ0v) is 12.0. The van der Waals surface area contributed by atoms with Crippen molar-refractivity contribution in [1.29, 1.82) is 0 Å². The van der Waals surface area contributed by atoms with Crippen molar-refractivity contribution < 1.29 is 9.84 Å². The molecule has 0 bridgehead atoms. The highest BCUT2D eigenvalue weighted by Crippen LogP contribution is 2.22. The van der Waals surface area contributed by atoms with Gasteiger partial charge in [0.2, 0.25) is 5.88 Å². The summed E-state index contributed by atoms with van der Waals surface area (Å²) in [4.78, 5) is 4.34. The number of nitrogen functional groups attached to an aromatic ring is 1. The first-order valence-electron chi connectivity index (χ1n) is 6.83. The second-order valence-electron chi connectivity index (χ2n) is 5.09. The van der Waals surface area contributed by atoms with Crippen LogP contribution < -0.4 is 15.8 Å². The van der Waals surface area contributed by atoms with Gasteiger partial charge in [-0.3, -0.25) is 0 Å². The molecule has 108 valence electrons. The maximum Gasteiger partial charge on any atom is 0.239 e. The Bertz CT molecular complexity index is 383. The van der Waals surface area contributed by atoms with E-state index in [0.29, 0.717) is 29.9 Å². The second-order valence-corrected chi connectivity index (χ2v) is 5.09. The Morgan fingerprint density at radius 2 is 2.16 bits per heavy atom. The molecular weight excluding hydrogens is 242 g/mol. The summed E-state index contributed by atoms with van der Waals surface area (Å²) >= 11 is 0. The summed E-state index contributed by atoms with van der Waals surface area (Å²) in [6, 6.07) is 3.57. The molecule has 0 aliphatic carbocycles. The summed E-state index contributed by atoms with van der Waals surface area (Å²) in [5.41, 5.74) is 6.34. The number of hydrogen-bond donors (Lipinski definition) is 3. The number of ether oxygens (including phenoxy) is 1. The minimum absolute atomic E-state index is 0.00449. The van der Waals surface area contributed by atoms with Gasteiger partial charge in [0.05, 0.1) is 24.9 Å². The van der Waals surface area contributed by atoms with E-state index >= 15 is 0 Å². The Morgan fingerprint density at radius 1 is 1.42 bits per heavy atom. The van der Waals surface area contributed by atoms with E-state index in [0.717, 1.165) is 12.8 Å². The summed E-state index contributed by atoms with van der Waals surface area (Å²) < 4.78 is 5.48. The first-order valence-corrected chi connectivity index (χ1v) is 6.83. The van der Waals surface area contributed by atoms with Crippen molar-refractivity contribution in [1.82, 2.24) is 4.98 Å². The average Bonchev–Trinajstić information content (AvgIpc) is 2.38. The van der Waals surface area contributed by atoms with Crippen LogP contribution >= 0.6 is 0 Å². The van der Waals surface area contributed by atoms with E-state index in [4.69, 9.17) is 10.5 Å². The third-order valence-electron chi connectivity index (χ3n) is 2.66. The van der Waals surface area contributed by atoms with Crippen LogP contribution in [0.2, 0.25) is 0 Å². The van der Waals surface area contributed by atoms with Crippen LogP contribution in [0.1, 0.15) is 33.6 Å². The molecule has 0 aliphatic rings. The molecule has 0 spiro atoms. The van der Waals surface area contributed by atoms with Gasteiger partial charge in [-0.25, -0.2) is 0 Å². The molecule has 5 nitrogen and oxygen atoms in total. The molecule has 19 heavy (non-hydrogen) atoms. The smallest absolute Gasteiger partial charge is 0.239 e. The average molecular weight is 267 g/mol. The van der Waals surface area contributed by atoms with Gasteiger partial charge in [0.1, 0.15) is 5.82 Å². The largest absolute Gasteiger partial charge is 0.476 e. The lowest BCUT2D eigenvalue weighted by molar-refractivity contribution is 0.259. The molecule has 0 aromatic carbocycles. The summed E-state index contributed by atoms with van der Waals surface area (Å²) in [5.74, 6) is 1.64. The van der Waals surface area contributed by atoms with Crippen LogP contribution in [0.15, 0.2) is 12.1 Å². The zero-order valence-electron chi connectivity index (χ0n) is 12.0. The molecule has 5 heteroatoms. The van der Waals surface area contributed by atoms with Crippen molar-refractivity contribution in [3.63, 3.8) is 0 Å². The van der Waals surface area contributed by atoms with Gasteiger partial charge >= 0.3 is 0 Å². The monoisotopic (exact) mass is 267 g/mol. The molecule has 1 aromatic heterocycles. The molecule has 1 heterocycles. The Hall–Kier alpha value is -1.49. The lowest BCUT2D eigenvalue weighted by Crippen LogP contribution is -2.26. The SMILES string of the molecule is CCCOc1nc(NC(CO)CC(C)C)ccc1N. The number of pyridine rings is 1.